The van der Waals surface area contributed by atoms with Crippen molar-refractivity contribution in [2.24, 2.45) is 0 Å². The number of hydrogen-bond acceptors (Lipinski definition) is 7. The standard InChI is InChI=1S/C18H18N4O5/c23-17(13-27-18(24)16-3-1-2-8-19-16)21-11-9-20(10-12-21)14-4-6-15(7-5-14)22(25)26/h1-8H,9-13H2. The third-order valence-corrected chi connectivity index (χ3v) is 4.26. The maximum Gasteiger partial charge on any atom is 0.357 e. The number of amides is 1. The van der Waals surface area contributed by atoms with Crippen molar-refractivity contribution < 1.29 is 19.2 Å². The minimum atomic E-state index is -0.631. The third-order valence-electron chi connectivity index (χ3n) is 4.26. The maximum atomic E-state index is 12.2. The van der Waals surface area contributed by atoms with Gasteiger partial charge in [-0.3, -0.25) is 14.9 Å². The normalized spacial score (nSPS) is 13.9. The number of rotatable bonds is 5. The molecular weight excluding hydrogens is 352 g/mol. The molecule has 1 aromatic heterocycles. The first-order valence-corrected chi connectivity index (χ1v) is 8.40. The summed E-state index contributed by atoms with van der Waals surface area (Å²) in [5, 5.41) is 10.7. The molecule has 2 heterocycles. The van der Waals surface area contributed by atoms with Crippen LogP contribution >= 0.6 is 0 Å². The third kappa shape index (κ3) is 4.57. The van der Waals surface area contributed by atoms with Crippen LogP contribution in [0.1, 0.15) is 10.5 Å². The first-order valence-electron chi connectivity index (χ1n) is 8.40. The van der Waals surface area contributed by atoms with E-state index >= 15 is 0 Å². The Labute approximate surface area is 155 Å². The lowest BCUT2D eigenvalue weighted by molar-refractivity contribution is -0.384. The van der Waals surface area contributed by atoms with Gasteiger partial charge in [-0.2, -0.15) is 0 Å². The van der Waals surface area contributed by atoms with E-state index in [1.54, 1.807) is 29.2 Å². The van der Waals surface area contributed by atoms with E-state index in [0.29, 0.717) is 26.2 Å². The smallest absolute Gasteiger partial charge is 0.357 e. The summed E-state index contributed by atoms with van der Waals surface area (Å²) in [4.78, 5) is 41.9. The average molecular weight is 370 g/mol. The Morgan fingerprint density at radius 1 is 1.07 bits per heavy atom. The van der Waals surface area contributed by atoms with Gasteiger partial charge in [0.05, 0.1) is 4.92 Å². The number of non-ortho nitro benzene ring substituents is 1. The van der Waals surface area contributed by atoms with Gasteiger partial charge in [0.15, 0.2) is 6.61 Å². The number of pyridine rings is 1. The highest BCUT2D eigenvalue weighted by molar-refractivity contribution is 5.89. The molecule has 9 heteroatoms. The quantitative estimate of drug-likeness (QED) is 0.446. The predicted molar refractivity (Wildman–Crippen MR) is 96.4 cm³/mol. The van der Waals surface area contributed by atoms with E-state index in [9.17, 15) is 19.7 Å². The number of anilines is 1. The van der Waals surface area contributed by atoms with Crippen LogP contribution in [0, 0.1) is 10.1 Å². The molecule has 1 amide bonds. The number of nitro benzene ring substituents is 1. The zero-order valence-electron chi connectivity index (χ0n) is 14.5. The fourth-order valence-corrected chi connectivity index (χ4v) is 2.78. The van der Waals surface area contributed by atoms with Crippen LogP contribution in [-0.4, -0.2) is 59.5 Å². The molecule has 0 atom stereocenters. The minimum absolute atomic E-state index is 0.0438. The van der Waals surface area contributed by atoms with Gasteiger partial charge >= 0.3 is 5.97 Å². The van der Waals surface area contributed by atoms with Crippen molar-refractivity contribution in [1.82, 2.24) is 9.88 Å². The van der Waals surface area contributed by atoms with Gasteiger partial charge in [-0.1, -0.05) is 6.07 Å². The predicted octanol–water partition coefficient (Wildman–Crippen LogP) is 1.50. The molecular formula is C18H18N4O5. The van der Waals surface area contributed by atoms with E-state index in [1.165, 1.54) is 24.4 Å². The lowest BCUT2D eigenvalue weighted by Gasteiger charge is -2.36. The van der Waals surface area contributed by atoms with Crippen molar-refractivity contribution in [3.63, 3.8) is 0 Å². The highest BCUT2D eigenvalue weighted by Crippen LogP contribution is 2.20. The molecule has 140 valence electrons. The molecule has 1 aliphatic rings. The van der Waals surface area contributed by atoms with E-state index in [-0.39, 0.29) is 23.9 Å². The molecule has 0 spiro atoms. The van der Waals surface area contributed by atoms with E-state index in [0.717, 1.165) is 5.69 Å². The van der Waals surface area contributed by atoms with Gasteiger partial charge in [0.1, 0.15) is 5.69 Å². The van der Waals surface area contributed by atoms with Crippen LogP contribution in [0.2, 0.25) is 0 Å². The Kier molecular flexibility index (Phi) is 5.60. The fraction of sp³-hybridized carbons (Fsp3) is 0.278. The van der Waals surface area contributed by atoms with E-state index in [2.05, 4.69) is 4.98 Å². The zero-order chi connectivity index (χ0) is 19.2. The van der Waals surface area contributed by atoms with Crippen LogP contribution in [0.25, 0.3) is 0 Å². The van der Waals surface area contributed by atoms with Gasteiger partial charge in [0, 0.05) is 50.2 Å². The van der Waals surface area contributed by atoms with Crippen LogP contribution in [0.3, 0.4) is 0 Å². The van der Waals surface area contributed by atoms with Gasteiger partial charge in [0.2, 0.25) is 0 Å². The van der Waals surface area contributed by atoms with Crippen molar-refractivity contribution in [2.75, 3.05) is 37.7 Å². The zero-order valence-corrected chi connectivity index (χ0v) is 14.5. The number of nitro groups is 1. The van der Waals surface area contributed by atoms with Crippen LogP contribution in [0.4, 0.5) is 11.4 Å². The van der Waals surface area contributed by atoms with Crippen LogP contribution in [-0.2, 0) is 9.53 Å². The van der Waals surface area contributed by atoms with Crippen LogP contribution in [0.15, 0.2) is 48.7 Å². The molecule has 1 saturated heterocycles. The molecule has 1 fully saturated rings. The van der Waals surface area contributed by atoms with Crippen molar-refractivity contribution in [3.8, 4) is 0 Å². The maximum absolute atomic E-state index is 12.2. The number of piperazine rings is 1. The summed E-state index contributed by atoms with van der Waals surface area (Å²) in [7, 11) is 0. The largest absolute Gasteiger partial charge is 0.451 e. The topological polar surface area (TPSA) is 106 Å². The molecule has 0 N–H and O–H groups in total. The fourth-order valence-electron chi connectivity index (χ4n) is 2.78. The number of esters is 1. The summed E-state index contributed by atoms with van der Waals surface area (Å²) >= 11 is 0. The number of hydrogen-bond donors (Lipinski definition) is 0. The molecule has 9 nitrogen and oxygen atoms in total. The Morgan fingerprint density at radius 3 is 2.37 bits per heavy atom. The van der Waals surface area contributed by atoms with E-state index in [1.807, 2.05) is 4.90 Å². The Balaban J connectivity index is 1.47. The summed E-state index contributed by atoms with van der Waals surface area (Å²) < 4.78 is 5.02. The average Bonchev–Trinajstić information content (AvgIpc) is 2.72. The van der Waals surface area contributed by atoms with E-state index in [4.69, 9.17) is 4.74 Å². The number of aromatic nitrogens is 1. The summed E-state index contributed by atoms with van der Waals surface area (Å²) in [6, 6.07) is 11.2. The molecule has 27 heavy (non-hydrogen) atoms. The lowest BCUT2D eigenvalue weighted by atomic mass is 10.2. The summed E-state index contributed by atoms with van der Waals surface area (Å²) in [5.41, 5.74) is 1.07. The first kappa shape index (κ1) is 18.3. The van der Waals surface area contributed by atoms with Crippen molar-refractivity contribution in [3.05, 3.63) is 64.5 Å². The number of ether oxygens (including phenoxy) is 1. The van der Waals surface area contributed by atoms with Gasteiger partial charge in [-0.25, -0.2) is 9.78 Å². The number of benzene rings is 1. The molecule has 1 aliphatic heterocycles. The summed E-state index contributed by atoms with van der Waals surface area (Å²) in [6.45, 7) is 1.83. The molecule has 1 aromatic carbocycles. The second-order valence-electron chi connectivity index (χ2n) is 5.93. The highest BCUT2D eigenvalue weighted by atomic mass is 16.6. The monoisotopic (exact) mass is 370 g/mol. The minimum Gasteiger partial charge on any atom is -0.451 e. The second kappa shape index (κ2) is 8.26. The second-order valence-corrected chi connectivity index (χ2v) is 5.93. The highest BCUT2D eigenvalue weighted by Gasteiger charge is 2.23. The SMILES string of the molecule is O=C(OCC(=O)N1CCN(c2ccc([N+](=O)[O-])cc2)CC1)c1ccccn1. The van der Waals surface area contributed by atoms with E-state index < -0.39 is 10.9 Å². The molecule has 0 saturated carbocycles. The Hall–Kier alpha value is -3.49. The molecule has 3 rings (SSSR count). The number of carbonyl (C=O) groups excluding carboxylic acids is 2. The van der Waals surface area contributed by atoms with Gasteiger partial charge in [-0.05, 0) is 24.3 Å². The van der Waals surface area contributed by atoms with Crippen LogP contribution in [0.5, 0.6) is 0 Å². The molecule has 0 radical (unpaired) electrons. The Bertz CT molecular complexity index is 817. The van der Waals surface area contributed by atoms with Gasteiger partial charge < -0.3 is 14.5 Å². The number of nitrogens with zero attached hydrogens (tertiary/aromatic N) is 4. The molecule has 2 aromatic rings. The molecule has 0 aliphatic carbocycles. The van der Waals surface area contributed by atoms with Gasteiger partial charge in [-0.15, -0.1) is 0 Å². The summed E-state index contributed by atoms with van der Waals surface area (Å²) in [6.07, 6.45) is 1.48. The van der Waals surface area contributed by atoms with Gasteiger partial charge in [0.25, 0.3) is 11.6 Å². The van der Waals surface area contributed by atoms with Crippen LogP contribution < -0.4 is 4.90 Å². The first-order chi connectivity index (χ1) is 13.0. The summed E-state index contributed by atoms with van der Waals surface area (Å²) in [5.74, 6) is -0.893. The molecule has 0 unspecified atom stereocenters. The number of carbonyl (C=O) groups is 2. The molecule has 0 bridgehead atoms. The van der Waals surface area contributed by atoms with Crippen molar-refractivity contribution in [1.29, 1.82) is 0 Å². The van der Waals surface area contributed by atoms with Crippen molar-refractivity contribution >= 4 is 23.3 Å². The lowest BCUT2D eigenvalue weighted by Crippen LogP contribution is -2.49. The van der Waals surface area contributed by atoms with Crippen molar-refractivity contribution in [2.45, 2.75) is 0 Å². The Morgan fingerprint density at radius 2 is 1.78 bits per heavy atom.